The molecule has 0 bridgehead atoms. The Hall–Kier alpha value is -4.07. The summed E-state index contributed by atoms with van der Waals surface area (Å²) in [6.07, 6.45) is 8.25. The van der Waals surface area contributed by atoms with Gasteiger partial charge in [0.1, 0.15) is 11.9 Å². The van der Waals surface area contributed by atoms with Crippen molar-refractivity contribution in [3.63, 3.8) is 0 Å². The summed E-state index contributed by atoms with van der Waals surface area (Å²) >= 11 is 0. The quantitative estimate of drug-likeness (QED) is 0.503. The number of rotatable bonds is 8. The highest BCUT2D eigenvalue weighted by atomic mass is 19.1. The first-order valence-electron chi connectivity index (χ1n) is 10.8. The number of aromatic nitrogens is 2. The molecule has 1 amide bonds. The molecule has 2 aromatic carbocycles. The Morgan fingerprint density at radius 3 is 2.68 bits per heavy atom. The van der Waals surface area contributed by atoms with Crippen LogP contribution in [-0.2, 0) is 6.54 Å². The molecule has 0 radical (unpaired) electrons. The standard InChI is InChI=1S/C26H26FN3O4/c1-32-22-13-7-17(14-23(22)33-2)15-28-26(31)19-10-12-21-24(25(19)34-3)20(29-30-21)11-6-16-4-8-18(27)9-5-16/h4-8,10-14,18H,9,15H2,1-3H3,(H,28,31)(H,29,30)/b11-6+. The van der Waals surface area contributed by atoms with E-state index in [0.29, 0.717) is 52.4 Å². The number of hydrogen-bond donors (Lipinski definition) is 2. The van der Waals surface area contributed by atoms with Crippen molar-refractivity contribution >= 4 is 22.9 Å². The highest BCUT2D eigenvalue weighted by molar-refractivity contribution is 6.05. The van der Waals surface area contributed by atoms with Gasteiger partial charge in [-0.2, -0.15) is 5.10 Å². The molecule has 0 saturated heterocycles. The van der Waals surface area contributed by atoms with Gasteiger partial charge in [0.25, 0.3) is 5.91 Å². The number of fused-ring (bicyclic) bond motifs is 1. The summed E-state index contributed by atoms with van der Waals surface area (Å²) < 4.78 is 29.5. The Kier molecular flexibility index (Phi) is 6.96. The van der Waals surface area contributed by atoms with Crippen molar-refractivity contribution in [3.05, 3.63) is 77.0 Å². The number of allylic oxidation sites excluding steroid dienone is 5. The number of carbonyl (C=O) groups excluding carboxylic acids is 1. The van der Waals surface area contributed by atoms with Gasteiger partial charge in [-0.3, -0.25) is 9.89 Å². The summed E-state index contributed by atoms with van der Waals surface area (Å²) in [6.45, 7) is 0.300. The molecule has 1 heterocycles. The van der Waals surface area contributed by atoms with Gasteiger partial charge in [-0.25, -0.2) is 4.39 Å². The average molecular weight is 464 g/mol. The minimum absolute atomic E-state index is 0.281. The minimum Gasteiger partial charge on any atom is -0.495 e. The van der Waals surface area contributed by atoms with Crippen LogP contribution in [0.25, 0.3) is 17.0 Å². The van der Waals surface area contributed by atoms with Crippen LogP contribution in [0.5, 0.6) is 17.2 Å². The fourth-order valence-corrected chi connectivity index (χ4v) is 3.80. The first-order valence-corrected chi connectivity index (χ1v) is 10.8. The Labute approximate surface area is 196 Å². The van der Waals surface area contributed by atoms with Crippen molar-refractivity contribution in [1.82, 2.24) is 15.5 Å². The van der Waals surface area contributed by atoms with Crippen LogP contribution in [0.4, 0.5) is 4.39 Å². The van der Waals surface area contributed by atoms with Crippen LogP contribution >= 0.6 is 0 Å². The molecule has 7 nitrogen and oxygen atoms in total. The maximum absolute atomic E-state index is 13.3. The van der Waals surface area contributed by atoms with E-state index >= 15 is 0 Å². The molecule has 1 atom stereocenters. The molecule has 8 heteroatoms. The van der Waals surface area contributed by atoms with E-state index in [4.69, 9.17) is 14.2 Å². The van der Waals surface area contributed by atoms with Gasteiger partial charge in [0.15, 0.2) is 11.5 Å². The van der Waals surface area contributed by atoms with Crippen LogP contribution in [0.1, 0.15) is 28.0 Å². The number of amides is 1. The van der Waals surface area contributed by atoms with Gasteiger partial charge < -0.3 is 19.5 Å². The van der Waals surface area contributed by atoms with Crippen molar-refractivity contribution in [2.45, 2.75) is 19.1 Å². The lowest BCUT2D eigenvalue weighted by Crippen LogP contribution is -2.23. The fourth-order valence-electron chi connectivity index (χ4n) is 3.80. The number of alkyl halides is 1. The second-order valence-corrected chi connectivity index (χ2v) is 7.70. The van der Waals surface area contributed by atoms with Crippen molar-refractivity contribution < 1.29 is 23.4 Å². The number of H-pyrrole nitrogens is 1. The maximum Gasteiger partial charge on any atom is 0.255 e. The highest BCUT2D eigenvalue weighted by Gasteiger charge is 2.19. The second kappa shape index (κ2) is 10.2. The summed E-state index contributed by atoms with van der Waals surface area (Å²) in [7, 11) is 4.66. The third-order valence-corrected chi connectivity index (χ3v) is 5.57. The molecular weight excluding hydrogens is 437 g/mol. The number of nitrogens with zero attached hydrogens (tertiary/aromatic N) is 1. The predicted molar refractivity (Wildman–Crippen MR) is 129 cm³/mol. The smallest absolute Gasteiger partial charge is 0.255 e. The number of carbonyl (C=O) groups is 1. The van der Waals surface area contributed by atoms with E-state index in [-0.39, 0.29) is 5.91 Å². The zero-order valence-electron chi connectivity index (χ0n) is 19.2. The Morgan fingerprint density at radius 1 is 1.15 bits per heavy atom. The van der Waals surface area contributed by atoms with Crippen molar-refractivity contribution in [1.29, 1.82) is 0 Å². The van der Waals surface area contributed by atoms with E-state index in [1.54, 1.807) is 38.5 Å². The summed E-state index contributed by atoms with van der Waals surface area (Å²) in [5, 5.41) is 10.9. The first kappa shape index (κ1) is 23.1. The largest absolute Gasteiger partial charge is 0.495 e. The maximum atomic E-state index is 13.3. The highest BCUT2D eigenvalue weighted by Crippen LogP contribution is 2.33. The van der Waals surface area contributed by atoms with Gasteiger partial charge in [0, 0.05) is 13.0 Å². The minimum atomic E-state index is -0.940. The summed E-state index contributed by atoms with van der Waals surface area (Å²) in [4.78, 5) is 13.0. The molecule has 34 heavy (non-hydrogen) atoms. The monoisotopic (exact) mass is 463 g/mol. The lowest BCUT2D eigenvalue weighted by molar-refractivity contribution is 0.0948. The van der Waals surface area contributed by atoms with Gasteiger partial charge >= 0.3 is 0 Å². The molecule has 4 rings (SSSR count). The molecule has 0 fully saturated rings. The number of benzene rings is 2. The number of methoxy groups -OCH3 is 3. The Morgan fingerprint density at radius 2 is 1.97 bits per heavy atom. The Balaban J connectivity index is 1.57. The Bertz CT molecular complexity index is 1290. The normalized spacial score (nSPS) is 15.4. The average Bonchev–Trinajstić information content (AvgIpc) is 3.29. The lowest BCUT2D eigenvalue weighted by Gasteiger charge is -2.12. The molecule has 0 aliphatic heterocycles. The van der Waals surface area contributed by atoms with Crippen molar-refractivity contribution in [3.8, 4) is 17.2 Å². The van der Waals surface area contributed by atoms with Crippen LogP contribution in [-0.4, -0.2) is 43.6 Å². The molecule has 2 N–H and O–H groups in total. The molecule has 1 unspecified atom stereocenters. The lowest BCUT2D eigenvalue weighted by atomic mass is 10.0. The topological polar surface area (TPSA) is 85.5 Å². The third-order valence-electron chi connectivity index (χ3n) is 5.57. The zero-order valence-corrected chi connectivity index (χ0v) is 19.2. The number of aromatic amines is 1. The van der Waals surface area contributed by atoms with E-state index in [1.807, 2.05) is 30.4 Å². The molecule has 176 valence electrons. The van der Waals surface area contributed by atoms with Gasteiger partial charge in [-0.15, -0.1) is 0 Å². The summed E-state index contributed by atoms with van der Waals surface area (Å²) in [5.74, 6) is 1.35. The van der Waals surface area contributed by atoms with Crippen LogP contribution in [0.3, 0.4) is 0 Å². The molecule has 1 aromatic heterocycles. The third kappa shape index (κ3) is 4.80. The number of hydrogen-bond acceptors (Lipinski definition) is 5. The van der Waals surface area contributed by atoms with Gasteiger partial charge in [-0.05, 0) is 47.6 Å². The van der Waals surface area contributed by atoms with Gasteiger partial charge in [0.05, 0.1) is 43.5 Å². The summed E-state index contributed by atoms with van der Waals surface area (Å²) in [5.41, 5.74) is 3.52. The van der Waals surface area contributed by atoms with Crippen LogP contribution in [0.2, 0.25) is 0 Å². The number of halogens is 1. The number of ether oxygens (including phenoxy) is 3. The van der Waals surface area contributed by atoms with E-state index < -0.39 is 6.17 Å². The van der Waals surface area contributed by atoms with Gasteiger partial charge in [0.2, 0.25) is 0 Å². The molecule has 0 spiro atoms. The second-order valence-electron chi connectivity index (χ2n) is 7.70. The van der Waals surface area contributed by atoms with Crippen LogP contribution in [0, 0.1) is 0 Å². The molecular formula is C26H26FN3O4. The molecule has 1 aliphatic rings. The molecule has 1 aliphatic carbocycles. The first-order chi connectivity index (χ1) is 16.5. The van der Waals surface area contributed by atoms with E-state index in [1.165, 1.54) is 13.2 Å². The molecule has 3 aromatic rings. The van der Waals surface area contributed by atoms with E-state index in [0.717, 1.165) is 11.1 Å². The van der Waals surface area contributed by atoms with Crippen molar-refractivity contribution in [2.24, 2.45) is 0 Å². The predicted octanol–water partition coefficient (Wildman–Crippen LogP) is 4.76. The van der Waals surface area contributed by atoms with Crippen LogP contribution in [0.15, 0.2) is 60.2 Å². The van der Waals surface area contributed by atoms with Crippen LogP contribution < -0.4 is 19.5 Å². The van der Waals surface area contributed by atoms with Crippen molar-refractivity contribution in [2.75, 3.05) is 21.3 Å². The number of nitrogens with one attached hydrogen (secondary N) is 2. The van der Waals surface area contributed by atoms with E-state index in [2.05, 4.69) is 15.5 Å². The van der Waals surface area contributed by atoms with E-state index in [9.17, 15) is 9.18 Å². The summed E-state index contributed by atoms with van der Waals surface area (Å²) in [6, 6.07) is 8.93. The SMILES string of the molecule is COc1ccc(CNC(=O)c2ccc3n[nH]c(/C=C/C4=CCC(F)C=C4)c3c2OC)cc1OC. The zero-order chi connectivity index (χ0) is 24.1. The molecule has 0 saturated carbocycles. The fraction of sp³-hybridized carbons (Fsp3) is 0.231. The van der Waals surface area contributed by atoms with Gasteiger partial charge in [-0.1, -0.05) is 24.3 Å².